The highest BCUT2D eigenvalue weighted by Crippen LogP contribution is 2.25. The summed E-state index contributed by atoms with van der Waals surface area (Å²) in [6, 6.07) is 4.75. The highest BCUT2D eigenvalue weighted by molar-refractivity contribution is 9.10. The number of aliphatic hydroxyl groups excluding tert-OH is 1. The van der Waals surface area contributed by atoms with Gasteiger partial charge in [0, 0.05) is 36.2 Å². The Morgan fingerprint density at radius 3 is 2.94 bits per heavy atom. The molecule has 0 aliphatic carbocycles. The van der Waals surface area contributed by atoms with E-state index in [2.05, 4.69) is 20.8 Å². The second-order valence-corrected chi connectivity index (χ2v) is 5.06. The maximum absolute atomic E-state index is 10.7. The molecule has 0 bridgehead atoms. The van der Waals surface area contributed by atoms with E-state index in [0.29, 0.717) is 13.1 Å². The van der Waals surface area contributed by atoms with Gasteiger partial charge in [-0.3, -0.25) is 15.0 Å². The molecule has 1 atom stereocenters. The van der Waals surface area contributed by atoms with Crippen LogP contribution in [-0.2, 0) is 6.54 Å². The van der Waals surface area contributed by atoms with Gasteiger partial charge in [-0.2, -0.15) is 0 Å². The van der Waals surface area contributed by atoms with E-state index in [9.17, 15) is 15.2 Å². The number of benzene rings is 1. The number of hydrogen-bond donors (Lipinski definition) is 1. The molecular weight excluding hydrogens is 288 g/mol. The fraction of sp³-hybridized carbons (Fsp3) is 0.455. The van der Waals surface area contributed by atoms with Gasteiger partial charge in [-0.15, -0.1) is 0 Å². The topological polar surface area (TPSA) is 66.6 Å². The van der Waals surface area contributed by atoms with Crippen LogP contribution in [0.4, 0.5) is 5.69 Å². The van der Waals surface area contributed by atoms with Crippen LogP contribution in [-0.4, -0.2) is 34.1 Å². The van der Waals surface area contributed by atoms with Crippen molar-refractivity contribution >= 4 is 21.6 Å². The molecule has 0 amide bonds. The lowest BCUT2D eigenvalue weighted by Crippen LogP contribution is -2.21. The summed E-state index contributed by atoms with van der Waals surface area (Å²) in [6.07, 6.45) is 0.500. The minimum Gasteiger partial charge on any atom is -0.392 e. The maximum Gasteiger partial charge on any atom is 0.269 e. The van der Waals surface area contributed by atoms with Crippen molar-refractivity contribution in [2.24, 2.45) is 0 Å². The molecule has 1 N–H and O–H groups in total. The number of β-amino-alcohol motifs (C(OH)–C–C–N with tert-alkyl or cyclic N) is 1. The van der Waals surface area contributed by atoms with Gasteiger partial charge in [-0.1, -0.05) is 15.9 Å². The summed E-state index contributed by atoms with van der Waals surface area (Å²) in [4.78, 5) is 12.4. The van der Waals surface area contributed by atoms with Crippen molar-refractivity contribution in [2.75, 3.05) is 13.1 Å². The smallest absolute Gasteiger partial charge is 0.269 e. The molecule has 0 aromatic heterocycles. The lowest BCUT2D eigenvalue weighted by Gasteiger charge is -2.15. The van der Waals surface area contributed by atoms with Gasteiger partial charge in [0.2, 0.25) is 0 Å². The number of nitro groups is 1. The lowest BCUT2D eigenvalue weighted by atomic mass is 10.2. The molecule has 1 aromatic rings. The van der Waals surface area contributed by atoms with E-state index in [1.807, 2.05) is 0 Å². The molecule has 0 spiro atoms. The molecule has 2 rings (SSSR count). The SMILES string of the molecule is O=[N+]([O-])c1ccc(Br)c(CN2CCC(O)C2)c1. The molecule has 1 heterocycles. The fourth-order valence-electron chi connectivity index (χ4n) is 1.99. The van der Waals surface area contributed by atoms with E-state index >= 15 is 0 Å². The van der Waals surface area contributed by atoms with E-state index in [0.717, 1.165) is 23.0 Å². The third-order valence-electron chi connectivity index (χ3n) is 2.88. The van der Waals surface area contributed by atoms with E-state index < -0.39 is 4.92 Å². The maximum atomic E-state index is 10.7. The molecule has 92 valence electrons. The van der Waals surface area contributed by atoms with Crippen LogP contribution in [0, 0.1) is 10.1 Å². The van der Waals surface area contributed by atoms with E-state index in [1.165, 1.54) is 6.07 Å². The first-order valence-corrected chi connectivity index (χ1v) is 6.19. The van der Waals surface area contributed by atoms with Gasteiger partial charge >= 0.3 is 0 Å². The van der Waals surface area contributed by atoms with E-state index in [4.69, 9.17) is 0 Å². The number of rotatable bonds is 3. The number of nitro benzene ring substituents is 1. The molecule has 6 heteroatoms. The molecule has 1 saturated heterocycles. The summed E-state index contributed by atoms with van der Waals surface area (Å²) in [5, 5.41) is 20.1. The van der Waals surface area contributed by atoms with Gasteiger partial charge in [-0.25, -0.2) is 0 Å². The number of nitrogens with zero attached hydrogens (tertiary/aromatic N) is 2. The van der Waals surface area contributed by atoms with Gasteiger partial charge in [0.25, 0.3) is 5.69 Å². The molecule has 1 aliphatic rings. The van der Waals surface area contributed by atoms with Crippen LogP contribution in [0.15, 0.2) is 22.7 Å². The normalized spacial score (nSPS) is 20.7. The third-order valence-corrected chi connectivity index (χ3v) is 3.66. The van der Waals surface area contributed by atoms with E-state index in [-0.39, 0.29) is 11.8 Å². The molecule has 17 heavy (non-hydrogen) atoms. The molecular formula is C11H13BrN2O3. The van der Waals surface area contributed by atoms with Crippen molar-refractivity contribution in [3.63, 3.8) is 0 Å². The Morgan fingerprint density at radius 1 is 1.59 bits per heavy atom. The Labute approximate surface area is 107 Å². The summed E-state index contributed by atoms with van der Waals surface area (Å²) < 4.78 is 0.865. The Bertz CT molecular complexity index is 439. The summed E-state index contributed by atoms with van der Waals surface area (Å²) in [5.41, 5.74) is 0.983. The number of non-ortho nitro benzene ring substituents is 1. The zero-order chi connectivity index (χ0) is 12.4. The quantitative estimate of drug-likeness (QED) is 0.684. The first-order chi connectivity index (χ1) is 8.06. The van der Waals surface area contributed by atoms with Crippen LogP contribution in [0.25, 0.3) is 0 Å². The predicted octanol–water partition coefficient (Wildman–Crippen LogP) is 1.92. The average molecular weight is 301 g/mol. The molecule has 1 fully saturated rings. The van der Waals surface area contributed by atoms with Crippen LogP contribution in [0.2, 0.25) is 0 Å². The standard InChI is InChI=1S/C11H13BrN2O3/c12-11-2-1-9(14(16)17)5-8(11)6-13-4-3-10(15)7-13/h1-2,5,10,15H,3-4,6-7H2. The second kappa shape index (κ2) is 5.12. The number of likely N-dealkylation sites (tertiary alicyclic amines) is 1. The lowest BCUT2D eigenvalue weighted by molar-refractivity contribution is -0.384. The second-order valence-electron chi connectivity index (χ2n) is 4.21. The summed E-state index contributed by atoms with van der Waals surface area (Å²) in [7, 11) is 0. The monoisotopic (exact) mass is 300 g/mol. The van der Waals surface area contributed by atoms with Crippen LogP contribution in [0.5, 0.6) is 0 Å². The van der Waals surface area contributed by atoms with Crippen LogP contribution in [0.3, 0.4) is 0 Å². The van der Waals surface area contributed by atoms with Crippen molar-refractivity contribution < 1.29 is 10.0 Å². The first kappa shape index (κ1) is 12.5. The van der Waals surface area contributed by atoms with Crippen LogP contribution >= 0.6 is 15.9 Å². The minimum atomic E-state index is -0.394. The molecule has 0 saturated carbocycles. The van der Waals surface area contributed by atoms with Crippen molar-refractivity contribution in [1.29, 1.82) is 0 Å². The van der Waals surface area contributed by atoms with Crippen LogP contribution < -0.4 is 0 Å². The van der Waals surface area contributed by atoms with Gasteiger partial charge in [0.05, 0.1) is 11.0 Å². The Hall–Kier alpha value is -0.980. The molecule has 1 aromatic carbocycles. The van der Waals surface area contributed by atoms with Crippen molar-refractivity contribution in [1.82, 2.24) is 4.90 Å². The van der Waals surface area contributed by atoms with Gasteiger partial charge < -0.3 is 5.11 Å². The van der Waals surface area contributed by atoms with Crippen molar-refractivity contribution in [3.05, 3.63) is 38.3 Å². The van der Waals surface area contributed by atoms with Crippen LogP contribution in [0.1, 0.15) is 12.0 Å². The largest absolute Gasteiger partial charge is 0.392 e. The Balaban J connectivity index is 2.14. The highest BCUT2D eigenvalue weighted by Gasteiger charge is 2.21. The molecule has 0 radical (unpaired) electrons. The Morgan fingerprint density at radius 2 is 2.35 bits per heavy atom. The van der Waals surface area contributed by atoms with Gasteiger partial charge in [0.1, 0.15) is 0 Å². The minimum absolute atomic E-state index is 0.0999. The number of hydrogen-bond acceptors (Lipinski definition) is 4. The summed E-state index contributed by atoms with van der Waals surface area (Å²) >= 11 is 3.39. The molecule has 1 unspecified atom stereocenters. The van der Waals surface area contributed by atoms with Gasteiger partial charge in [-0.05, 0) is 18.1 Å². The summed E-state index contributed by atoms with van der Waals surface area (Å²) in [6.45, 7) is 2.09. The number of halogens is 1. The molecule has 1 aliphatic heterocycles. The van der Waals surface area contributed by atoms with Gasteiger partial charge in [0.15, 0.2) is 0 Å². The van der Waals surface area contributed by atoms with Crippen molar-refractivity contribution in [3.8, 4) is 0 Å². The van der Waals surface area contributed by atoms with E-state index in [1.54, 1.807) is 12.1 Å². The number of aliphatic hydroxyl groups is 1. The predicted molar refractivity (Wildman–Crippen MR) is 66.7 cm³/mol. The first-order valence-electron chi connectivity index (χ1n) is 5.39. The Kier molecular flexibility index (Phi) is 3.76. The zero-order valence-corrected chi connectivity index (χ0v) is 10.8. The zero-order valence-electron chi connectivity index (χ0n) is 9.17. The van der Waals surface area contributed by atoms with Crippen molar-refractivity contribution in [2.45, 2.75) is 19.1 Å². The average Bonchev–Trinajstić information content (AvgIpc) is 2.67. The summed E-state index contributed by atoms with van der Waals surface area (Å²) in [5.74, 6) is 0. The fourth-order valence-corrected chi connectivity index (χ4v) is 2.36. The highest BCUT2D eigenvalue weighted by atomic mass is 79.9. The molecule has 5 nitrogen and oxygen atoms in total. The third kappa shape index (κ3) is 3.02.